The van der Waals surface area contributed by atoms with Gasteiger partial charge in [-0.25, -0.2) is 0 Å². The minimum absolute atomic E-state index is 0.0392. The average molecular weight is 420 g/mol. The lowest BCUT2D eigenvalue weighted by molar-refractivity contribution is -0.252. The third kappa shape index (κ3) is 3.42. The van der Waals surface area contributed by atoms with Crippen LogP contribution in [0.4, 0.5) is 0 Å². The Labute approximate surface area is 171 Å². The van der Waals surface area contributed by atoms with Crippen LogP contribution in [0.5, 0.6) is 0 Å². The molecule has 1 aliphatic rings. The minimum Gasteiger partial charge on any atom is -0.464 e. The standard InChI is InChI=1S/C19H20N2O7S/c1-8-13(9(2)23)14(11-4-3-5-27-11)10(6-20)19(29)21(8)18-17(26)16(25)15(24)12(7-22)28-18/h3-5,12,15-18,22,24-26H,7H2,1-2H3/t12-,15+,16+,17+,18-/m0/s1. The molecule has 2 aromatic rings. The van der Waals surface area contributed by atoms with Crippen LogP contribution in [-0.2, 0) is 4.74 Å². The molecular weight excluding hydrogens is 400 g/mol. The minimum atomic E-state index is -1.64. The van der Waals surface area contributed by atoms with Gasteiger partial charge < -0.3 is 34.1 Å². The summed E-state index contributed by atoms with van der Waals surface area (Å²) in [5.41, 5.74) is 0.607. The number of hydrogen-bond donors (Lipinski definition) is 4. The van der Waals surface area contributed by atoms with E-state index in [1.54, 1.807) is 19.1 Å². The van der Waals surface area contributed by atoms with Crippen molar-refractivity contribution in [3.05, 3.63) is 39.9 Å². The molecule has 0 amide bonds. The number of ketones is 1. The Morgan fingerprint density at radius 2 is 2.00 bits per heavy atom. The number of Topliss-reactive ketones (excluding diaryl/α,β-unsaturated/α-hetero) is 1. The number of carbonyl (C=O) groups is 1. The van der Waals surface area contributed by atoms with Crippen molar-refractivity contribution in [3.8, 4) is 17.4 Å². The van der Waals surface area contributed by atoms with E-state index in [0.717, 1.165) is 0 Å². The largest absolute Gasteiger partial charge is 0.464 e. The lowest BCUT2D eigenvalue weighted by Gasteiger charge is -2.41. The van der Waals surface area contributed by atoms with Crippen molar-refractivity contribution in [2.75, 3.05) is 6.61 Å². The van der Waals surface area contributed by atoms with Crippen LogP contribution >= 0.6 is 12.2 Å². The van der Waals surface area contributed by atoms with E-state index in [9.17, 15) is 30.5 Å². The third-order valence-corrected chi connectivity index (χ3v) is 5.41. The van der Waals surface area contributed by atoms with Gasteiger partial charge in [-0.1, -0.05) is 12.2 Å². The lowest BCUT2D eigenvalue weighted by Crippen LogP contribution is -2.56. The highest BCUT2D eigenvalue weighted by Gasteiger charge is 2.45. The maximum Gasteiger partial charge on any atom is 0.164 e. The number of hydrogen-bond acceptors (Lipinski definition) is 9. The van der Waals surface area contributed by atoms with Gasteiger partial charge in [0.15, 0.2) is 12.0 Å². The van der Waals surface area contributed by atoms with Crippen LogP contribution in [-0.4, -0.2) is 61.8 Å². The van der Waals surface area contributed by atoms with Gasteiger partial charge in [-0.05, 0) is 26.0 Å². The zero-order valence-corrected chi connectivity index (χ0v) is 16.5. The molecule has 1 fully saturated rings. The van der Waals surface area contributed by atoms with Crippen molar-refractivity contribution in [2.24, 2.45) is 0 Å². The summed E-state index contributed by atoms with van der Waals surface area (Å²) in [5, 5.41) is 49.9. The predicted octanol–water partition coefficient (Wildman–Crippen LogP) is 0.833. The Kier molecular flexibility index (Phi) is 6.00. The molecule has 4 N–H and O–H groups in total. The summed E-state index contributed by atoms with van der Waals surface area (Å²) in [7, 11) is 0. The molecular formula is C19H20N2O7S. The van der Waals surface area contributed by atoms with Crippen molar-refractivity contribution in [2.45, 2.75) is 44.5 Å². The summed E-state index contributed by atoms with van der Waals surface area (Å²) in [6, 6.07) is 5.18. The maximum absolute atomic E-state index is 12.5. The molecule has 0 aromatic carbocycles. The highest BCUT2D eigenvalue weighted by Crippen LogP contribution is 2.36. The van der Waals surface area contributed by atoms with Gasteiger partial charge in [-0.15, -0.1) is 0 Å². The smallest absolute Gasteiger partial charge is 0.164 e. The Balaban J connectivity index is 2.32. The molecule has 9 nitrogen and oxygen atoms in total. The van der Waals surface area contributed by atoms with E-state index in [-0.39, 0.29) is 38.6 Å². The van der Waals surface area contributed by atoms with Crippen molar-refractivity contribution in [1.29, 1.82) is 5.26 Å². The predicted molar refractivity (Wildman–Crippen MR) is 101 cm³/mol. The quantitative estimate of drug-likeness (QED) is 0.417. The molecule has 1 aliphatic heterocycles. The van der Waals surface area contributed by atoms with Crippen LogP contribution in [0.15, 0.2) is 22.8 Å². The topological polar surface area (TPSA) is 149 Å². The van der Waals surface area contributed by atoms with Crippen LogP contribution in [0.1, 0.15) is 34.8 Å². The Bertz CT molecular complexity index is 1020. The van der Waals surface area contributed by atoms with E-state index in [0.29, 0.717) is 0 Å². The van der Waals surface area contributed by atoms with Crippen LogP contribution in [0.25, 0.3) is 11.3 Å². The Morgan fingerprint density at radius 1 is 1.31 bits per heavy atom. The van der Waals surface area contributed by atoms with Gasteiger partial charge in [0.05, 0.1) is 24.0 Å². The number of carbonyl (C=O) groups excluding carboxylic acids is 1. The molecule has 2 aromatic heterocycles. The molecule has 0 spiro atoms. The number of nitrogens with zero attached hydrogens (tertiary/aromatic N) is 2. The number of nitriles is 1. The first-order valence-corrected chi connectivity index (χ1v) is 9.19. The van der Waals surface area contributed by atoms with E-state index in [4.69, 9.17) is 21.4 Å². The zero-order valence-electron chi connectivity index (χ0n) is 15.6. The summed E-state index contributed by atoms with van der Waals surface area (Å²) in [6.45, 7) is 2.25. The molecule has 3 heterocycles. The molecule has 29 heavy (non-hydrogen) atoms. The normalized spacial score (nSPS) is 26.9. The first kappa shape index (κ1) is 21.3. The average Bonchev–Trinajstić information content (AvgIpc) is 3.21. The van der Waals surface area contributed by atoms with Crippen molar-refractivity contribution in [3.63, 3.8) is 0 Å². The van der Waals surface area contributed by atoms with Crippen molar-refractivity contribution in [1.82, 2.24) is 4.57 Å². The van der Waals surface area contributed by atoms with Crippen LogP contribution in [0.3, 0.4) is 0 Å². The molecule has 1 saturated heterocycles. The summed E-state index contributed by atoms with van der Waals surface area (Å²) in [4.78, 5) is 12.5. The highest BCUT2D eigenvalue weighted by atomic mass is 32.1. The molecule has 0 radical (unpaired) electrons. The second-order valence-electron chi connectivity index (χ2n) is 6.75. The SMILES string of the molecule is CC(=O)c1c(-c2ccco2)c(C#N)c(=S)n([C@H]2O[C@@H](CO)[C@@H](O)[C@@H](O)[C@H]2O)c1C. The highest BCUT2D eigenvalue weighted by molar-refractivity contribution is 7.71. The van der Waals surface area contributed by atoms with Gasteiger partial charge in [0.25, 0.3) is 0 Å². The van der Waals surface area contributed by atoms with E-state index in [2.05, 4.69) is 0 Å². The number of furan rings is 1. The molecule has 0 saturated carbocycles. The second kappa shape index (κ2) is 8.16. The lowest BCUT2D eigenvalue weighted by atomic mass is 9.94. The number of aliphatic hydroxyl groups excluding tert-OH is 4. The fraction of sp³-hybridized carbons (Fsp3) is 0.421. The van der Waals surface area contributed by atoms with Crippen LogP contribution in [0.2, 0.25) is 0 Å². The first-order valence-electron chi connectivity index (χ1n) is 8.79. The van der Waals surface area contributed by atoms with Crippen molar-refractivity contribution >= 4 is 18.0 Å². The molecule has 3 rings (SSSR count). The van der Waals surface area contributed by atoms with E-state index in [1.165, 1.54) is 17.8 Å². The van der Waals surface area contributed by atoms with Crippen molar-refractivity contribution < 1.29 is 34.4 Å². The van der Waals surface area contributed by atoms with Gasteiger partial charge in [0, 0.05) is 11.3 Å². The summed E-state index contributed by atoms with van der Waals surface area (Å²) < 4.78 is 12.2. The molecule has 0 aliphatic carbocycles. The van der Waals surface area contributed by atoms with Crippen LogP contribution < -0.4 is 0 Å². The number of ether oxygens (including phenoxy) is 1. The van der Waals surface area contributed by atoms with Gasteiger partial charge >= 0.3 is 0 Å². The second-order valence-corrected chi connectivity index (χ2v) is 7.14. The van der Waals surface area contributed by atoms with Crippen LogP contribution in [0, 0.1) is 22.9 Å². The van der Waals surface area contributed by atoms with Gasteiger partial charge in [0.2, 0.25) is 0 Å². The van der Waals surface area contributed by atoms with E-state index in [1.807, 2.05) is 6.07 Å². The fourth-order valence-corrected chi connectivity index (χ4v) is 4.00. The molecule has 0 unspecified atom stereocenters. The number of aliphatic hydroxyl groups is 4. The number of pyridine rings is 1. The summed E-state index contributed by atoms with van der Waals surface area (Å²) in [6.07, 6.45) is -5.92. The van der Waals surface area contributed by atoms with Gasteiger partial charge in [-0.2, -0.15) is 5.26 Å². The van der Waals surface area contributed by atoms with Gasteiger partial charge in [0.1, 0.15) is 40.9 Å². The maximum atomic E-state index is 12.5. The van der Waals surface area contributed by atoms with Gasteiger partial charge in [-0.3, -0.25) is 4.79 Å². The first-order chi connectivity index (χ1) is 13.7. The monoisotopic (exact) mass is 420 g/mol. The Morgan fingerprint density at radius 3 is 2.52 bits per heavy atom. The van der Waals surface area contributed by atoms with E-state index >= 15 is 0 Å². The summed E-state index contributed by atoms with van der Waals surface area (Å²) in [5.74, 6) is -0.0966. The third-order valence-electron chi connectivity index (χ3n) is 5.01. The number of rotatable bonds is 4. The zero-order chi connectivity index (χ0) is 21.5. The molecule has 0 bridgehead atoms. The fourth-order valence-electron chi connectivity index (χ4n) is 3.61. The molecule has 154 valence electrons. The van der Waals surface area contributed by atoms with E-state index < -0.39 is 37.3 Å². The summed E-state index contributed by atoms with van der Waals surface area (Å²) >= 11 is 5.45. The molecule has 10 heteroatoms. The number of aromatic nitrogens is 1. The Hall–Kier alpha value is -2.39. The molecule has 5 atom stereocenters.